The van der Waals surface area contributed by atoms with E-state index >= 15 is 0 Å². The Hall–Kier alpha value is -0.900. The van der Waals surface area contributed by atoms with E-state index in [9.17, 15) is 4.79 Å². The molecule has 0 radical (unpaired) electrons. The number of pyridine rings is 1. The van der Waals surface area contributed by atoms with Crippen molar-refractivity contribution >= 4 is 21.8 Å². The van der Waals surface area contributed by atoms with Gasteiger partial charge in [0.15, 0.2) is 0 Å². The lowest BCUT2D eigenvalue weighted by Gasteiger charge is -2.21. The molecule has 0 N–H and O–H groups in total. The molecule has 0 aliphatic carbocycles. The molecule has 16 heavy (non-hydrogen) atoms. The van der Waals surface area contributed by atoms with E-state index in [0.29, 0.717) is 22.1 Å². The first-order valence-corrected chi connectivity index (χ1v) is 6.30. The molecule has 1 fully saturated rings. The smallest absolute Gasteiger partial charge is 0.256 e. The highest BCUT2D eigenvalue weighted by atomic mass is 79.9. The van der Waals surface area contributed by atoms with Crippen molar-refractivity contribution in [3.63, 3.8) is 0 Å². The highest BCUT2D eigenvalue weighted by molar-refractivity contribution is 9.10. The molecule has 2 heterocycles. The van der Waals surface area contributed by atoms with Crippen LogP contribution in [-0.2, 0) is 0 Å². The summed E-state index contributed by atoms with van der Waals surface area (Å²) in [4.78, 5) is 18.3. The first-order valence-electron chi connectivity index (χ1n) is 5.51. The molecular formula is C12H15BrN2O. The van der Waals surface area contributed by atoms with Gasteiger partial charge in [-0.05, 0) is 47.3 Å². The van der Waals surface area contributed by atoms with Crippen LogP contribution in [-0.4, -0.2) is 28.4 Å². The van der Waals surface area contributed by atoms with Gasteiger partial charge in [-0.3, -0.25) is 4.79 Å². The minimum atomic E-state index is 0.0804. The Morgan fingerprint density at radius 2 is 2.31 bits per heavy atom. The van der Waals surface area contributed by atoms with Gasteiger partial charge in [-0.25, -0.2) is 4.98 Å². The first kappa shape index (κ1) is 11.6. The maximum Gasteiger partial charge on any atom is 0.256 e. The number of carbonyl (C=O) groups excluding carboxylic acids is 1. The molecule has 2 unspecified atom stereocenters. The molecule has 1 saturated heterocycles. The fourth-order valence-corrected chi connectivity index (χ4v) is 2.70. The second-order valence-corrected chi connectivity index (χ2v) is 5.24. The molecule has 1 aliphatic heterocycles. The summed E-state index contributed by atoms with van der Waals surface area (Å²) >= 11 is 3.32. The largest absolute Gasteiger partial charge is 0.336 e. The minimum absolute atomic E-state index is 0.0804. The van der Waals surface area contributed by atoms with Crippen LogP contribution in [0.4, 0.5) is 0 Å². The van der Waals surface area contributed by atoms with Gasteiger partial charge in [-0.1, -0.05) is 6.92 Å². The van der Waals surface area contributed by atoms with E-state index in [4.69, 9.17) is 0 Å². The van der Waals surface area contributed by atoms with Gasteiger partial charge in [0.2, 0.25) is 0 Å². The van der Waals surface area contributed by atoms with Crippen molar-refractivity contribution in [1.82, 2.24) is 9.88 Å². The number of amides is 1. The molecule has 0 aromatic carbocycles. The van der Waals surface area contributed by atoms with Crippen LogP contribution in [0, 0.1) is 5.92 Å². The first-order chi connectivity index (χ1) is 7.59. The Morgan fingerprint density at radius 1 is 1.56 bits per heavy atom. The van der Waals surface area contributed by atoms with Crippen LogP contribution in [0.5, 0.6) is 0 Å². The molecule has 0 bridgehead atoms. The number of halogens is 1. The van der Waals surface area contributed by atoms with Gasteiger partial charge >= 0.3 is 0 Å². The van der Waals surface area contributed by atoms with E-state index in [1.807, 2.05) is 11.0 Å². The molecule has 1 aromatic heterocycles. The Labute approximate surface area is 104 Å². The maximum atomic E-state index is 12.3. The third kappa shape index (κ3) is 2.12. The molecule has 1 aliphatic rings. The van der Waals surface area contributed by atoms with Gasteiger partial charge < -0.3 is 4.90 Å². The zero-order valence-corrected chi connectivity index (χ0v) is 11.1. The van der Waals surface area contributed by atoms with Crippen LogP contribution in [0.2, 0.25) is 0 Å². The van der Waals surface area contributed by atoms with Gasteiger partial charge in [0.05, 0.1) is 5.56 Å². The van der Waals surface area contributed by atoms with E-state index in [1.54, 1.807) is 12.3 Å². The minimum Gasteiger partial charge on any atom is -0.336 e. The molecule has 2 rings (SSSR count). The standard InChI is InChI=1S/C12H15BrN2O/c1-8-6-9(2)15(7-8)12(16)10-4-3-5-14-11(10)13/h3-5,8-9H,6-7H2,1-2H3. The summed E-state index contributed by atoms with van der Waals surface area (Å²) in [6, 6.07) is 3.94. The normalized spacial score (nSPS) is 24.8. The summed E-state index contributed by atoms with van der Waals surface area (Å²) in [5.41, 5.74) is 0.656. The third-order valence-electron chi connectivity index (χ3n) is 3.03. The van der Waals surface area contributed by atoms with Crippen molar-refractivity contribution in [3.05, 3.63) is 28.5 Å². The van der Waals surface area contributed by atoms with Crippen molar-refractivity contribution in [3.8, 4) is 0 Å². The van der Waals surface area contributed by atoms with Crippen LogP contribution in [0.1, 0.15) is 30.6 Å². The summed E-state index contributed by atoms with van der Waals surface area (Å²) in [6.07, 6.45) is 2.76. The number of hydrogen-bond acceptors (Lipinski definition) is 2. The number of nitrogens with zero attached hydrogens (tertiary/aromatic N) is 2. The number of likely N-dealkylation sites (tertiary alicyclic amines) is 1. The predicted molar refractivity (Wildman–Crippen MR) is 66.2 cm³/mol. The van der Waals surface area contributed by atoms with E-state index in [-0.39, 0.29) is 5.91 Å². The van der Waals surface area contributed by atoms with Gasteiger partial charge in [-0.2, -0.15) is 0 Å². The van der Waals surface area contributed by atoms with Gasteiger partial charge in [0.25, 0.3) is 5.91 Å². The number of carbonyl (C=O) groups is 1. The third-order valence-corrected chi connectivity index (χ3v) is 3.67. The predicted octanol–water partition coefficient (Wildman–Crippen LogP) is 2.71. The summed E-state index contributed by atoms with van der Waals surface area (Å²) in [6.45, 7) is 5.13. The Morgan fingerprint density at radius 3 is 2.88 bits per heavy atom. The highest BCUT2D eigenvalue weighted by Crippen LogP contribution is 2.25. The summed E-state index contributed by atoms with van der Waals surface area (Å²) in [7, 11) is 0. The summed E-state index contributed by atoms with van der Waals surface area (Å²) < 4.78 is 0.631. The molecule has 3 nitrogen and oxygen atoms in total. The van der Waals surface area contributed by atoms with E-state index in [0.717, 1.165) is 13.0 Å². The molecule has 1 aromatic rings. The average molecular weight is 283 g/mol. The maximum absolute atomic E-state index is 12.3. The van der Waals surface area contributed by atoms with Crippen molar-refractivity contribution < 1.29 is 4.79 Å². The van der Waals surface area contributed by atoms with Crippen LogP contribution in [0.3, 0.4) is 0 Å². The number of hydrogen-bond donors (Lipinski definition) is 0. The fourth-order valence-electron chi connectivity index (χ4n) is 2.28. The number of aromatic nitrogens is 1. The zero-order chi connectivity index (χ0) is 11.7. The second kappa shape index (κ2) is 4.53. The Bertz CT molecular complexity index is 408. The lowest BCUT2D eigenvalue weighted by atomic mass is 10.1. The molecule has 86 valence electrons. The van der Waals surface area contributed by atoms with Crippen LogP contribution < -0.4 is 0 Å². The molecule has 2 atom stereocenters. The Kier molecular flexibility index (Phi) is 3.28. The second-order valence-electron chi connectivity index (χ2n) is 4.49. The molecule has 0 saturated carbocycles. The van der Waals surface area contributed by atoms with Crippen LogP contribution >= 0.6 is 15.9 Å². The topological polar surface area (TPSA) is 33.2 Å². The average Bonchev–Trinajstić information content (AvgIpc) is 2.58. The lowest BCUT2D eigenvalue weighted by molar-refractivity contribution is 0.0742. The van der Waals surface area contributed by atoms with Crippen molar-refractivity contribution in [2.75, 3.05) is 6.54 Å². The number of rotatable bonds is 1. The molecule has 4 heteroatoms. The highest BCUT2D eigenvalue weighted by Gasteiger charge is 2.31. The van der Waals surface area contributed by atoms with Crippen LogP contribution in [0.15, 0.2) is 22.9 Å². The van der Waals surface area contributed by atoms with Crippen LogP contribution in [0.25, 0.3) is 0 Å². The monoisotopic (exact) mass is 282 g/mol. The lowest BCUT2D eigenvalue weighted by Crippen LogP contribution is -2.34. The quantitative estimate of drug-likeness (QED) is 0.742. The van der Waals surface area contributed by atoms with Gasteiger partial charge in [0.1, 0.15) is 4.60 Å². The van der Waals surface area contributed by atoms with Crippen molar-refractivity contribution in [2.24, 2.45) is 5.92 Å². The molecular weight excluding hydrogens is 268 g/mol. The summed E-state index contributed by atoms with van der Waals surface area (Å²) in [5, 5.41) is 0. The molecule has 0 spiro atoms. The van der Waals surface area contributed by atoms with Crippen molar-refractivity contribution in [2.45, 2.75) is 26.3 Å². The Balaban J connectivity index is 2.23. The zero-order valence-electron chi connectivity index (χ0n) is 9.48. The fraction of sp³-hybridized carbons (Fsp3) is 0.500. The molecule has 1 amide bonds. The van der Waals surface area contributed by atoms with E-state index in [2.05, 4.69) is 34.8 Å². The van der Waals surface area contributed by atoms with E-state index in [1.165, 1.54) is 0 Å². The van der Waals surface area contributed by atoms with E-state index < -0.39 is 0 Å². The SMILES string of the molecule is CC1CC(C)N(C(=O)c2cccnc2Br)C1. The summed E-state index contributed by atoms with van der Waals surface area (Å²) in [5.74, 6) is 0.672. The van der Waals surface area contributed by atoms with Crippen molar-refractivity contribution in [1.29, 1.82) is 0 Å². The van der Waals surface area contributed by atoms with Gasteiger partial charge in [0, 0.05) is 18.8 Å². The van der Waals surface area contributed by atoms with Gasteiger partial charge in [-0.15, -0.1) is 0 Å².